The summed E-state index contributed by atoms with van der Waals surface area (Å²) in [5, 5.41) is 14.7. The van der Waals surface area contributed by atoms with Gasteiger partial charge in [0, 0.05) is 34.3 Å². The number of aliphatic hydroxyl groups excluding tert-OH is 1. The highest BCUT2D eigenvalue weighted by atomic mass is 35.5. The third-order valence-corrected chi connectivity index (χ3v) is 4.95. The molecule has 0 amide bonds. The first-order valence-electron chi connectivity index (χ1n) is 8.72. The van der Waals surface area contributed by atoms with E-state index in [-0.39, 0.29) is 0 Å². The average molecular weight is 402 g/mol. The van der Waals surface area contributed by atoms with Gasteiger partial charge in [-0.05, 0) is 23.8 Å². The number of hydrogen-bond acceptors (Lipinski definition) is 3. The lowest BCUT2D eigenvalue weighted by atomic mass is 10.1. The molecule has 3 rings (SSSR count). The van der Waals surface area contributed by atoms with Gasteiger partial charge in [0.2, 0.25) is 0 Å². The molecule has 3 aromatic rings. The SMILES string of the molecule is O[C@H](CNCc1ccccc1OCc1c(Cl)cccc1Cl)c1ccccc1. The van der Waals surface area contributed by atoms with Gasteiger partial charge in [0.15, 0.2) is 0 Å². The minimum Gasteiger partial charge on any atom is -0.488 e. The fourth-order valence-corrected chi connectivity index (χ4v) is 3.25. The molecule has 0 aromatic heterocycles. The Morgan fingerprint density at radius 2 is 1.52 bits per heavy atom. The minimum atomic E-state index is -0.554. The molecule has 0 aliphatic rings. The summed E-state index contributed by atoms with van der Waals surface area (Å²) < 4.78 is 5.96. The van der Waals surface area contributed by atoms with E-state index in [1.165, 1.54) is 0 Å². The van der Waals surface area contributed by atoms with Gasteiger partial charge in [-0.25, -0.2) is 0 Å². The fraction of sp³-hybridized carbons (Fsp3) is 0.182. The molecule has 0 aliphatic carbocycles. The lowest BCUT2D eigenvalue weighted by Gasteiger charge is -2.15. The molecular weight excluding hydrogens is 381 g/mol. The maximum absolute atomic E-state index is 10.3. The Balaban J connectivity index is 1.59. The normalized spacial score (nSPS) is 12.0. The van der Waals surface area contributed by atoms with Crippen LogP contribution in [-0.4, -0.2) is 11.7 Å². The van der Waals surface area contributed by atoms with Crippen LogP contribution >= 0.6 is 23.2 Å². The van der Waals surface area contributed by atoms with Crippen molar-refractivity contribution >= 4 is 23.2 Å². The molecule has 0 aliphatic heterocycles. The molecule has 27 heavy (non-hydrogen) atoms. The standard InChI is InChI=1S/C22H21Cl2NO2/c23-19-10-6-11-20(24)18(19)15-27-22-12-5-4-9-17(22)13-25-14-21(26)16-7-2-1-3-8-16/h1-12,21,25-26H,13-15H2/t21-/m1/s1. The summed E-state index contributed by atoms with van der Waals surface area (Å²) in [7, 11) is 0. The van der Waals surface area contributed by atoms with Gasteiger partial charge < -0.3 is 15.2 Å². The Morgan fingerprint density at radius 3 is 2.26 bits per heavy atom. The monoisotopic (exact) mass is 401 g/mol. The van der Waals surface area contributed by atoms with Gasteiger partial charge in [0.05, 0.1) is 6.10 Å². The lowest BCUT2D eigenvalue weighted by Crippen LogP contribution is -2.21. The van der Waals surface area contributed by atoms with Crippen molar-refractivity contribution in [2.24, 2.45) is 0 Å². The van der Waals surface area contributed by atoms with Crippen LogP contribution in [0.25, 0.3) is 0 Å². The molecule has 1 atom stereocenters. The van der Waals surface area contributed by atoms with Crippen LogP contribution in [0.15, 0.2) is 72.8 Å². The van der Waals surface area contributed by atoms with Gasteiger partial charge in [-0.2, -0.15) is 0 Å². The first-order valence-corrected chi connectivity index (χ1v) is 9.48. The minimum absolute atomic E-state index is 0.294. The highest BCUT2D eigenvalue weighted by Crippen LogP contribution is 2.27. The van der Waals surface area contributed by atoms with E-state index in [9.17, 15) is 5.11 Å². The molecule has 0 saturated carbocycles. The molecule has 0 spiro atoms. The van der Waals surface area contributed by atoms with Crippen LogP contribution in [-0.2, 0) is 13.2 Å². The van der Waals surface area contributed by atoms with Crippen molar-refractivity contribution in [1.29, 1.82) is 0 Å². The van der Waals surface area contributed by atoms with E-state index in [2.05, 4.69) is 5.32 Å². The van der Waals surface area contributed by atoms with Crippen LogP contribution in [0.4, 0.5) is 0 Å². The van der Waals surface area contributed by atoms with E-state index < -0.39 is 6.10 Å². The van der Waals surface area contributed by atoms with Crippen LogP contribution in [0.2, 0.25) is 10.0 Å². The Bertz CT molecular complexity index is 851. The van der Waals surface area contributed by atoms with Gasteiger partial charge >= 0.3 is 0 Å². The molecular formula is C22H21Cl2NO2. The predicted molar refractivity (Wildman–Crippen MR) is 110 cm³/mol. The molecule has 0 bridgehead atoms. The van der Waals surface area contributed by atoms with Gasteiger partial charge in [0.1, 0.15) is 12.4 Å². The number of hydrogen-bond donors (Lipinski definition) is 2. The van der Waals surface area contributed by atoms with Crippen molar-refractivity contribution in [3.05, 3.63) is 99.5 Å². The number of para-hydroxylation sites is 1. The molecule has 2 N–H and O–H groups in total. The summed E-state index contributed by atoms with van der Waals surface area (Å²) in [5.74, 6) is 0.759. The van der Waals surface area contributed by atoms with E-state index in [1.54, 1.807) is 12.1 Å². The summed E-state index contributed by atoms with van der Waals surface area (Å²) in [6.07, 6.45) is -0.554. The zero-order chi connectivity index (χ0) is 19.1. The average Bonchev–Trinajstić information content (AvgIpc) is 2.69. The molecule has 0 unspecified atom stereocenters. The van der Waals surface area contributed by atoms with E-state index in [0.29, 0.717) is 29.7 Å². The summed E-state index contributed by atoms with van der Waals surface area (Å²) in [6.45, 7) is 1.33. The van der Waals surface area contributed by atoms with Crippen LogP contribution < -0.4 is 10.1 Å². The highest BCUT2D eigenvalue weighted by molar-refractivity contribution is 6.35. The van der Waals surface area contributed by atoms with Crippen LogP contribution in [0.3, 0.4) is 0 Å². The number of halogens is 2. The summed E-state index contributed by atoms with van der Waals surface area (Å²) in [5.41, 5.74) is 2.66. The Labute approximate surface area is 169 Å². The molecule has 0 radical (unpaired) electrons. The summed E-state index contributed by atoms with van der Waals surface area (Å²) in [4.78, 5) is 0. The van der Waals surface area contributed by atoms with E-state index in [1.807, 2.05) is 60.7 Å². The van der Waals surface area contributed by atoms with E-state index in [0.717, 1.165) is 22.4 Å². The largest absolute Gasteiger partial charge is 0.488 e. The third-order valence-electron chi connectivity index (χ3n) is 4.24. The quantitative estimate of drug-likeness (QED) is 0.531. The molecule has 0 heterocycles. The number of benzene rings is 3. The van der Waals surface area contributed by atoms with Crippen molar-refractivity contribution in [3.8, 4) is 5.75 Å². The summed E-state index contributed by atoms with van der Waals surface area (Å²) in [6, 6.07) is 22.8. The van der Waals surface area contributed by atoms with Gasteiger partial charge in [0.25, 0.3) is 0 Å². The topological polar surface area (TPSA) is 41.5 Å². The molecule has 0 saturated heterocycles. The zero-order valence-corrected chi connectivity index (χ0v) is 16.3. The molecule has 5 heteroatoms. The van der Waals surface area contributed by atoms with Crippen LogP contribution in [0.1, 0.15) is 22.8 Å². The highest BCUT2D eigenvalue weighted by Gasteiger charge is 2.10. The van der Waals surface area contributed by atoms with Gasteiger partial charge in [-0.15, -0.1) is 0 Å². The first-order chi connectivity index (χ1) is 13.1. The maximum Gasteiger partial charge on any atom is 0.124 e. The lowest BCUT2D eigenvalue weighted by molar-refractivity contribution is 0.174. The van der Waals surface area contributed by atoms with Crippen LogP contribution in [0.5, 0.6) is 5.75 Å². The number of ether oxygens (including phenoxy) is 1. The Kier molecular flexibility index (Phi) is 7.13. The zero-order valence-electron chi connectivity index (χ0n) is 14.7. The number of rotatable bonds is 8. The van der Waals surface area contributed by atoms with Crippen molar-refractivity contribution in [2.45, 2.75) is 19.3 Å². The smallest absolute Gasteiger partial charge is 0.124 e. The van der Waals surface area contributed by atoms with Gasteiger partial charge in [-0.1, -0.05) is 77.8 Å². The summed E-state index contributed by atoms with van der Waals surface area (Å²) >= 11 is 12.4. The second-order valence-corrected chi connectivity index (χ2v) is 6.97. The van der Waals surface area contributed by atoms with Crippen molar-refractivity contribution < 1.29 is 9.84 Å². The number of nitrogens with one attached hydrogen (secondary N) is 1. The Hall–Kier alpha value is -2.04. The first kappa shape index (κ1) is 19.7. The molecule has 140 valence electrons. The second-order valence-electron chi connectivity index (χ2n) is 6.15. The predicted octanol–water partition coefficient (Wildman–Crippen LogP) is 5.40. The molecule has 3 aromatic carbocycles. The fourth-order valence-electron chi connectivity index (χ4n) is 2.75. The van der Waals surface area contributed by atoms with Crippen LogP contribution in [0, 0.1) is 0 Å². The molecule has 3 nitrogen and oxygen atoms in total. The van der Waals surface area contributed by atoms with Crippen molar-refractivity contribution in [1.82, 2.24) is 5.32 Å². The number of aliphatic hydroxyl groups is 1. The Morgan fingerprint density at radius 1 is 0.852 bits per heavy atom. The van der Waals surface area contributed by atoms with Crippen molar-refractivity contribution in [2.75, 3.05) is 6.54 Å². The van der Waals surface area contributed by atoms with Gasteiger partial charge in [-0.3, -0.25) is 0 Å². The van der Waals surface area contributed by atoms with Crippen molar-refractivity contribution in [3.63, 3.8) is 0 Å². The molecule has 0 fully saturated rings. The third kappa shape index (κ3) is 5.47. The maximum atomic E-state index is 10.3. The van der Waals surface area contributed by atoms with E-state index >= 15 is 0 Å². The van der Waals surface area contributed by atoms with E-state index in [4.69, 9.17) is 27.9 Å². The second kappa shape index (κ2) is 9.77.